The van der Waals surface area contributed by atoms with E-state index in [1.807, 2.05) is 12.1 Å². The highest BCUT2D eigenvalue weighted by Gasteiger charge is 2.11. The van der Waals surface area contributed by atoms with Gasteiger partial charge in [0.2, 0.25) is 6.41 Å². The van der Waals surface area contributed by atoms with Crippen LogP contribution in [0, 0.1) is 5.41 Å². The molecule has 1 amide bonds. The number of nitrogens with two attached hydrogens (primary N) is 1. The van der Waals surface area contributed by atoms with E-state index in [9.17, 15) is 14.4 Å². The van der Waals surface area contributed by atoms with Crippen LogP contribution in [0.5, 0.6) is 0 Å². The van der Waals surface area contributed by atoms with Crippen LogP contribution in [0.4, 0.5) is 5.69 Å². The summed E-state index contributed by atoms with van der Waals surface area (Å²) in [4.78, 5) is 41.5. The number of fused-ring (bicyclic) bond motifs is 1. The number of hydrogen-bond acceptors (Lipinski definition) is 6. The highest BCUT2D eigenvalue weighted by molar-refractivity contribution is 6.38. The lowest BCUT2D eigenvalue weighted by Gasteiger charge is -2.07. The molecule has 0 atom stereocenters. The number of hydrogen-bond donors (Lipinski definition) is 4. The number of pyridine rings is 1. The van der Waals surface area contributed by atoms with E-state index in [0.717, 1.165) is 10.8 Å². The minimum atomic E-state index is -1.29. The number of nitrogens with zero attached hydrogens (tertiary/aromatic N) is 2. The average molecular weight is 417 g/mol. The molecule has 0 saturated carbocycles. The molecule has 1 aromatic heterocycles. The first-order chi connectivity index (χ1) is 14.9. The summed E-state index contributed by atoms with van der Waals surface area (Å²) in [7, 11) is 0. The molecule has 3 aromatic rings. The number of amides is 1. The quantitative estimate of drug-likeness (QED) is 0.179. The van der Waals surface area contributed by atoms with Gasteiger partial charge in [-0.3, -0.25) is 20.0 Å². The summed E-state index contributed by atoms with van der Waals surface area (Å²) in [5.41, 5.74) is 7.49. The van der Waals surface area contributed by atoms with E-state index in [1.165, 1.54) is 0 Å². The Kier molecular flexibility index (Phi) is 6.46. The lowest BCUT2D eigenvalue weighted by molar-refractivity contribution is -0.129. The van der Waals surface area contributed by atoms with Gasteiger partial charge in [-0.2, -0.15) is 0 Å². The van der Waals surface area contributed by atoms with Crippen molar-refractivity contribution in [1.82, 2.24) is 4.98 Å². The zero-order valence-electron chi connectivity index (χ0n) is 16.3. The van der Waals surface area contributed by atoms with E-state index in [0.29, 0.717) is 22.5 Å². The van der Waals surface area contributed by atoms with Gasteiger partial charge in [-0.25, -0.2) is 9.79 Å². The van der Waals surface area contributed by atoms with Gasteiger partial charge in [0.1, 0.15) is 11.5 Å². The fourth-order valence-electron chi connectivity index (χ4n) is 2.92. The number of carbonyl (C=O) groups excluding carboxylic acids is 2. The number of aromatic nitrogens is 1. The fourth-order valence-corrected chi connectivity index (χ4v) is 2.92. The van der Waals surface area contributed by atoms with Crippen LogP contribution in [0.2, 0.25) is 0 Å². The smallest absolute Gasteiger partial charge is 0.352 e. The Morgan fingerprint density at radius 1 is 1.10 bits per heavy atom. The number of amidine groups is 1. The standard InChI is InChI=1S/C22H19N5O4/c23-21(24)15-2-1-14-8-18(25-10-16(14)7-15)9-20(29)13-3-5-17(6-4-13)26-11-19(22(30)31)27-12-28/h1-8,10,12,26H,9,11H2,(H3,23,24)(H,30,31). The molecule has 9 heteroatoms. The van der Waals surface area contributed by atoms with Crippen molar-refractivity contribution in [1.29, 1.82) is 5.41 Å². The molecule has 9 nitrogen and oxygen atoms in total. The van der Waals surface area contributed by atoms with Gasteiger partial charge in [-0.1, -0.05) is 12.1 Å². The first-order valence-electron chi connectivity index (χ1n) is 9.21. The Morgan fingerprint density at radius 2 is 1.81 bits per heavy atom. The molecule has 0 bridgehead atoms. The molecule has 0 aliphatic rings. The number of benzene rings is 2. The second-order valence-corrected chi connectivity index (χ2v) is 6.67. The molecule has 0 saturated heterocycles. The topological polar surface area (TPSA) is 159 Å². The van der Waals surface area contributed by atoms with Crippen molar-refractivity contribution in [2.45, 2.75) is 6.42 Å². The van der Waals surface area contributed by atoms with Crippen LogP contribution < -0.4 is 11.1 Å². The van der Waals surface area contributed by atoms with Crippen molar-refractivity contribution in [3.05, 3.63) is 71.5 Å². The fraction of sp³-hybridized carbons (Fsp3) is 0.0909. The highest BCUT2D eigenvalue weighted by atomic mass is 16.4. The number of carbonyl (C=O) groups is 3. The normalized spacial score (nSPS) is 11.2. The first-order valence-corrected chi connectivity index (χ1v) is 9.21. The lowest BCUT2D eigenvalue weighted by Crippen LogP contribution is -2.23. The Morgan fingerprint density at radius 3 is 2.45 bits per heavy atom. The molecule has 0 fully saturated rings. The maximum absolute atomic E-state index is 12.6. The first kappa shape index (κ1) is 21.3. The number of carboxylic acids is 1. The Hall–Kier alpha value is -4.40. The number of Topliss-reactive ketones (excluding diaryl/α,β-unsaturated/α-hetero) is 1. The molecule has 156 valence electrons. The molecule has 0 radical (unpaired) electrons. The van der Waals surface area contributed by atoms with Crippen LogP contribution in [-0.2, 0) is 16.0 Å². The average Bonchev–Trinajstić information content (AvgIpc) is 2.76. The number of rotatable bonds is 9. The van der Waals surface area contributed by atoms with Gasteiger partial charge in [-0.05, 0) is 41.8 Å². The summed E-state index contributed by atoms with van der Waals surface area (Å²) in [6.45, 7) is -0.131. The number of ketones is 1. The van der Waals surface area contributed by atoms with Crippen molar-refractivity contribution < 1.29 is 19.5 Å². The number of nitrogens with one attached hydrogen (secondary N) is 2. The monoisotopic (exact) mass is 417 g/mol. The Labute approximate surface area is 177 Å². The van der Waals surface area contributed by atoms with Crippen LogP contribution >= 0.6 is 0 Å². The molecule has 0 aliphatic heterocycles. The molecular weight excluding hydrogens is 398 g/mol. The maximum atomic E-state index is 12.6. The lowest BCUT2D eigenvalue weighted by atomic mass is 10.0. The minimum absolute atomic E-state index is 0.0192. The highest BCUT2D eigenvalue weighted by Crippen LogP contribution is 2.18. The van der Waals surface area contributed by atoms with E-state index in [-0.39, 0.29) is 36.7 Å². The molecule has 0 aliphatic carbocycles. The number of nitrogen functional groups attached to an aromatic ring is 1. The van der Waals surface area contributed by atoms with Crippen LogP contribution in [0.3, 0.4) is 0 Å². The maximum Gasteiger partial charge on any atom is 0.352 e. The third kappa shape index (κ3) is 5.36. The summed E-state index contributed by atoms with van der Waals surface area (Å²) < 4.78 is 0. The van der Waals surface area contributed by atoms with Gasteiger partial charge >= 0.3 is 5.97 Å². The molecule has 0 spiro atoms. The zero-order valence-corrected chi connectivity index (χ0v) is 16.3. The predicted octanol–water partition coefficient (Wildman–Crippen LogP) is 2.04. The minimum Gasteiger partial charge on any atom is -0.477 e. The summed E-state index contributed by atoms with van der Waals surface area (Å²) in [6, 6.07) is 13.7. The van der Waals surface area contributed by atoms with Crippen molar-refractivity contribution in [3.63, 3.8) is 0 Å². The number of aliphatic imine (C=N–C) groups is 1. The van der Waals surface area contributed by atoms with E-state index in [2.05, 4.69) is 15.3 Å². The zero-order chi connectivity index (χ0) is 22.4. The van der Waals surface area contributed by atoms with Crippen LogP contribution in [0.15, 0.2) is 59.7 Å². The molecule has 31 heavy (non-hydrogen) atoms. The second-order valence-electron chi connectivity index (χ2n) is 6.67. The molecule has 2 aromatic carbocycles. The molecule has 5 N–H and O–H groups in total. The number of carboxylic acid groups (broad SMARTS) is 1. The van der Waals surface area contributed by atoms with Gasteiger partial charge in [0, 0.05) is 34.1 Å². The van der Waals surface area contributed by atoms with E-state index in [1.54, 1.807) is 42.6 Å². The summed E-state index contributed by atoms with van der Waals surface area (Å²) >= 11 is 0. The van der Waals surface area contributed by atoms with Gasteiger partial charge in [-0.15, -0.1) is 0 Å². The van der Waals surface area contributed by atoms with E-state index >= 15 is 0 Å². The van der Waals surface area contributed by atoms with Gasteiger partial charge < -0.3 is 16.2 Å². The predicted molar refractivity (Wildman–Crippen MR) is 117 cm³/mol. The molecule has 3 rings (SSSR count). The summed E-state index contributed by atoms with van der Waals surface area (Å²) in [5, 5.41) is 21.0. The van der Waals surface area contributed by atoms with Crippen LogP contribution in [0.25, 0.3) is 10.8 Å². The van der Waals surface area contributed by atoms with Crippen molar-refractivity contribution >= 4 is 46.2 Å². The third-order valence-electron chi connectivity index (χ3n) is 4.55. The van der Waals surface area contributed by atoms with Crippen LogP contribution in [-0.4, -0.2) is 46.3 Å². The van der Waals surface area contributed by atoms with Crippen LogP contribution in [0.1, 0.15) is 21.6 Å². The largest absolute Gasteiger partial charge is 0.477 e. The molecular formula is C22H19N5O4. The van der Waals surface area contributed by atoms with Crippen molar-refractivity contribution in [2.24, 2.45) is 10.7 Å². The SMILES string of the molecule is N=C(N)c1ccc2cc(CC(=O)c3ccc(NCC(=NC=O)C(=O)O)cc3)ncc2c1. The summed E-state index contributed by atoms with van der Waals surface area (Å²) in [5.74, 6) is -1.42. The van der Waals surface area contributed by atoms with E-state index < -0.39 is 5.97 Å². The van der Waals surface area contributed by atoms with Crippen molar-refractivity contribution in [2.75, 3.05) is 11.9 Å². The summed E-state index contributed by atoms with van der Waals surface area (Å²) in [6.07, 6.45) is 1.95. The Balaban J connectivity index is 1.67. The van der Waals surface area contributed by atoms with Gasteiger partial charge in [0.25, 0.3) is 0 Å². The second kappa shape index (κ2) is 9.40. The van der Waals surface area contributed by atoms with E-state index in [4.69, 9.17) is 16.2 Å². The van der Waals surface area contributed by atoms with Gasteiger partial charge in [0.15, 0.2) is 5.78 Å². The molecule has 0 unspecified atom stereocenters. The van der Waals surface area contributed by atoms with Gasteiger partial charge in [0.05, 0.1) is 13.0 Å². The molecule has 1 heterocycles. The van der Waals surface area contributed by atoms with Crippen molar-refractivity contribution in [3.8, 4) is 0 Å². The Bertz CT molecular complexity index is 1200. The number of aliphatic carboxylic acids is 1. The number of anilines is 1. The third-order valence-corrected chi connectivity index (χ3v) is 4.55.